The summed E-state index contributed by atoms with van der Waals surface area (Å²) in [6.07, 6.45) is 6.62. The van der Waals surface area contributed by atoms with E-state index in [2.05, 4.69) is 31.0 Å². The number of halogens is 1. The van der Waals surface area contributed by atoms with Gasteiger partial charge in [-0.15, -0.1) is 0 Å². The Balaban J connectivity index is 1.25. The van der Waals surface area contributed by atoms with Crippen LogP contribution in [0.4, 0.5) is 0 Å². The Morgan fingerprint density at radius 1 is 1.11 bits per heavy atom. The molecule has 0 radical (unpaired) electrons. The molecule has 0 saturated heterocycles. The molecule has 1 unspecified atom stereocenters. The Bertz CT molecular complexity index is 1730. The van der Waals surface area contributed by atoms with Gasteiger partial charge in [-0.1, -0.05) is 24.6 Å². The summed E-state index contributed by atoms with van der Waals surface area (Å²) in [6.45, 7) is 4.24. The van der Waals surface area contributed by atoms with Crippen LogP contribution in [0.2, 0.25) is 5.02 Å². The number of aromatic nitrogens is 4. The minimum atomic E-state index is -0.998. The molecular weight excluding hydrogens is 488 g/mol. The fourth-order valence-electron chi connectivity index (χ4n) is 5.45. The first-order valence-corrected chi connectivity index (χ1v) is 12.6. The molecule has 1 N–H and O–H groups in total. The van der Waals surface area contributed by atoms with Gasteiger partial charge in [-0.2, -0.15) is 5.10 Å². The molecule has 3 heterocycles. The van der Waals surface area contributed by atoms with E-state index in [-0.39, 0.29) is 16.8 Å². The largest absolute Gasteiger partial charge is 0.478 e. The van der Waals surface area contributed by atoms with E-state index in [1.807, 2.05) is 21.3 Å². The normalized spacial score (nSPS) is 17.3. The van der Waals surface area contributed by atoms with E-state index in [9.17, 15) is 14.7 Å². The average Bonchev–Trinajstić information content (AvgIpc) is 3.43. The average molecular weight is 513 g/mol. The van der Waals surface area contributed by atoms with Gasteiger partial charge in [0.05, 0.1) is 32.8 Å². The summed E-state index contributed by atoms with van der Waals surface area (Å²) < 4.78 is 3.80. The zero-order valence-electron chi connectivity index (χ0n) is 20.5. The van der Waals surface area contributed by atoms with Crippen molar-refractivity contribution < 1.29 is 14.7 Å². The number of aryl methyl sites for hydroxylation is 2. The van der Waals surface area contributed by atoms with Crippen LogP contribution in [0.15, 0.2) is 61.1 Å². The van der Waals surface area contributed by atoms with Crippen molar-refractivity contribution in [2.24, 2.45) is 5.41 Å². The number of nitrogens with zero attached hydrogens (tertiary/aromatic N) is 4. The molecule has 5 aromatic rings. The Morgan fingerprint density at radius 2 is 1.92 bits per heavy atom. The van der Waals surface area contributed by atoms with Gasteiger partial charge in [-0.25, -0.2) is 14.3 Å². The van der Waals surface area contributed by atoms with Gasteiger partial charge in [0.15, 0.2) is 5.78 Å². The molecule has 0 spiro atoms. The van der Waals surface area contributed by atoms with Gasteiger partial charge in [-0.3, -0.25) is 9.36 Å². The number of carboxylic acids is 1. The van der Waals surface area contributed by atoms with Gasteiger partial charge in [0.25, 0.3) is 0 Å². The monoisotopic (exact) mass is 512 g/mol. The standard InChI is InChI=1S/C29H25ClN4O3/c1-17-3-7-25-21-13-29(2,10-9-23(21)32-34(25)15-17)14-27(35)20-6-5-19(12-22(20)30)33-16-31-24-11-18(28(36)37)4-8-26(24)33/h3-8,11-12,15-16H,9-10,13-14H2,1-2H3,(H,36,37). The molecule has 1 atom stereocenters. The molecule has 0 fully saturated rings. The van der Waals surface area contributed by atoms with Crippen molar-refractivity contribution in [1.29, 1.82) is 0 Å². The Kier molecular flexibility index (Phi) is 5.42. The number of carbonyl (C=O) groups excluding carboxylic acids is 1. The van der Waals surface area contributed by atoms with Gasteiger partial charge in [0.2, 0.25) is 0 Å². The van der Waals surface area contributed by atoms with E-state index in [0.717, 1.165) is 47.2 Å². The number of hydrogen-bond acceptors (Lipinski definition) is 4. The first kappa shape index (κ1) is 23.4. The van der Waals surface area contributed by atoms with Gasteiger partial charge in [0.1, 0.15) is 6.33 Å². The summed E-state index contributed by atoms with van der Waals surface area (Å²) in [5, 5.41) is 14.4. The van der Waals surface area contributed by atoms with Gasteiger partial charge in [0, 0.05) is 29.4 Å². The number of hydrogen-bond donors (Lipinski definition) is 1. The number of benzene rings is 2. The summed E-state index contributed by atoms with van der Waals surface area (Å²) in [6, 6.07) is 14.4. The number of pyridine rings is 1. The summed E-state index contributed by atoms with van der Waals surface area (Å²) in [7, 11) is 0. The third kappa shape index (κ3) is 4.09. The first-order valence-electron chi connectivity index (χ1n) is 12.2. The van der Waals surface area contributed by atoms with E-state index in [1.54, 1.807) is 30.6 Å². The number of fused-ring (bicyclic) bond motifs is 4. The molecule has 0 bridgehead atoms. The van der Waals surface area contributed by atoms with Crippen molar-refractivity contribution in [1.82, 2.24) is 19.2 Å². The van der Waals surface area contributed by atoms with Crippen molar-refractivity contribution in [3.8, 4) is 5.69 Å². The van der Waals surface area contributed by atoms with Crippen LogP contribution in [0.25, 0.3) is 22.2 Å². The van der Waals surface area contributed by atoms with E-state index < -0.39 is 5.97 Å². The van der Waals surface area contributed by atoms with Gasteiger partial charge in [-0.05, 0) is 79.6 Å². The number of ketones is 1. The molecule has 1 aliphatic carbocycles. The Hall–Kier alpha value is -3.97. The highest BCUT2D eigenvalue weighted by atomic mass is 35.5. The summed E-state index contributed by atoms with van der Waals surface area (Å²) in [5.74, 6) is -0.974. The van der Waals surface area contributed by atoms with Crippen LogP contribution in [0, 0.1) is 12.3 Å². The van der Waals surface area contributed by atoms with Gasteiger partial charge >= 0.3 is 5.97 Å². The van der Waals surface area contributed by atoms with Crippen molar-refractivity contribution in [3.63, 3.8) is 0 Å². The van der Waals surface area contributed by atoms with E-state index in [4.69, 9.17) is 16.7 Å². The van der Waals surface area contributed by atoms with Crippen LogP contribution in [-0.2, 0) is 12.8 Å². The molecule has 186 valence electrons. The predicted octanol–water partition coefficient (Wildman–Crippen LogP) is 6.10. The molecular formula is C29H25ClN4O3. The lowest BCUT2D eigenvalue weighted by atomic mass is 9.71. The highest BCUT2D eigenvalue weighted by Crippen LogP contribution is 2.40. The minimum Gasteiger partial charge on any atom is -0.478 e. The van der Waals surface area contributed by atoms with Crippen LogP contribution in [0.3, 0.4) is 0 Å². The van der Waals surface area contributed by atoms with Gasteiger partial charge < -0.3 is 5.11 Å². The summed E-state index contributed by atoms with van der Waals surface area (Å²) in [4.78, 5) is 29.0. The van der Waals surface area contributed by atoms with Crippen LogP contribution >= 0.6 is 11.6 Å². The lowest BCUT2D eigenvalue weighted by Crippen LogP contribution is -2.28. The van der Waals surface area contributed by atoms with Crippen LogP contribution in [-0.4, -0.2) is 36.0 Å². The zero-order chi connectivity index (χ0) is 25.9. The second-order valence-corrected chi connectivity index (χ2v) is 10.7. The maximum absolute atomic E-state index is 13.4. The second kappa shape index (κ2) is 8.56. The number of carboxylic acid groups (broad SMARTS) is 1. The molecule has 6 rings (SSSR count). The smallest absolute Gasteiger partial charge is 0.335 e. The number of rotatable bonds is 5. The Labute approximate surface area is 218 Å². The van der Waals surface area contributed by atoms with Crippen molar-refractivity contribution in [3.05, 3.63) is 94.0 Å². The van der Waals surface area contributed by atoms with Crippen LogP contribution in [0.1, 0.15) is 57.3 Å². The minimum absolute atomic E-state index is 0.0245. The molecule has 8 heteroatoms. The van der Waals surface area contributed by atoms with Crippen molar-refractivity contribution in [2.75, 3.05) is 0 Å². The molecule has 3 aromatic heterocycles. The SMILES string of the molecule is Cc1ccc2c3c(nn2c1)CCC(C)(CC(=O)c1ccc(-n2cnc4cc(C(=O)O)ccc42)cc1Cl)C3. The van der Waals surface area contributed by atoms with Crippen LogP contribution < -0.4 is 0 Å². The maximum atomic E-state index is 13.4. The second-order valence-electron chi connectivity index (χ2n) is 10.3. The van der Waals surface area contributed by atoms with Crippen molar-refractivity contribution >= 4 is 39.9 Å². The molecule has 0 amide bonds. The topological polar surface area (TPSA) is 89.5 Å². The molecule has 1 aliphatic rings. The fraction of sp³-hybridized carbons (Fsp3) is 0.241. The first-order chi connectivity index (χ1) is 17.7. The fourth-order valence-corrected chi connectivity index (χ4v) is 5.73. The highest BCUT2D eigenvalue weighted by Gasteiger charge is 2.35. The molecule has 0 aliphatic heterocycles. The summed E-state index contributed by atoms with van der Waals surface area (Å²) >= 11 is 6.63. The quantitative estimate of drug-likeness (QED) is 0.287. The van der Waals surface area contributed by atoms with E-state index in [1.165, 1.54) is 11.6 Å². The molecule has 0 saturated carbocycles. The zero-order valence-corrected chi connectivity index (χ0v) is 21.3. The molecule has 7 nitrogen and oxygen atoms in total. The molecule has 2 aromatic carbocycles. The molecule has 37 heavy (non-hydrogen) atoms. The summed E-state index contributed by atoms with van der Waals surface area (Å²) in [5.41, 5.74) is 7.23. The predicted molar refractivity (Wildman–Crippen MR) is 142 cm³/mol. The lowest BCUT2D eigenvalue weighted by Gasteiger charge is -2.32. The number of imidazole rings is 1. The number of aromatic carboxylic acids is 1. The number of carbonyl (C=O) groups is 2. The third-order valence-electron chi connectivity index (χ3n) is 7.44. The highest BCUT2D eigenvalue weighted by molar-refractivity contribution is 6.34. The van der Waals surface area contributed by atoms with Crippen LogP contribution in [0.5, 0.6) is 0 Å². The lowest BCUT2D eigenvalue weighted by molar-refractivity contribution is 0.0696. The number of Topliss-reactive ketones (excluding diaryl/α,β-unsaturated/α-hetero) is 1. The van der Waals surface area contributed by atoms with E-state index >= 15 is 0 Å². The Morgan fingerprint density at radius 3 is 2.70 bits per heavy atom. The maximum Gasteiger partial charge on any atom is 0.335 e. The third-order valence-corrected chi connectivity index (χ3v) is 7.76. The van der Waals surface area contributed by atoms with E-state index in [0.29, 0.717) is 22.5 Å². The van der Waals surface area contributed by atoms with Crippen molar-refractivity contribution in [2.45, 2.75) is 39.5 Å².